The van der Waals surface area contributed by atoms with Crippen LogP contribution in [0.3, 0.4) is 0 Å². The lowest BCUT2D eigenvalue weighted by Gasteiger charge is -2.25. The van der Waals surface area contributed by atoms with E-state index in [4.69, 9.17) is 11.6 Å². The molecule has 0 spiro atoms. The van der Waals surface area contributed by atoms with E-state index in [-0.39, 0.29) is 0 Å². The molecule has 0 atom stereocenters. The van der Waals surface area contributed by atoms with Crippen molar-refractivity contribution in [2.45, 2.75) is 39.5 Å². The van der Waals surface area contributed by atoms with Crippen LogP contribution in [0.5, 0.6) is 0 Å². The highest BCUT2D eigenvalue weighted by Gasteiger charge is 2.12. The average Bonchev–Trinajstić information content (AvgIpc) is 2.40. The Morgan fingerprint density at radius 3 is 2.29 bits per heavy atom. The van der Waals surface area contributed by atoms with Gasteiger partial charge in [-0.25, -0.2) is 0 Å². The van der Waals surface area contributed by atoms with E-state index in [1.807, 2.05) is 12.1 Å². The Morgan fingerprint density at radius 1 is 1.18 bits per heavy atom. The molecule has 1 rings (SSSR count). The molecule has 0 saturated carbocycles. The van der Waals surface area contributed by atoms with Crippen LogP contribution >= 0.6 is 11.6 Å². The highest BCUT2D eigenvalue weighted by molar-refractivity contribution is 6.16. The summed E-state index contributed by atoms with van der Waals surface area (Å²) < 4.78 is 0. The first-order valence-electron chi connectivity index (χ1n) is 6.38. The number of alkyl halides is 1. The van der Waals surface area contributed by atoms with Crippen molar-refractivity contribution in [2.75, 3.05) is 18.0 Å². The van der Waals surface area contributed by atoms with Gasteiger partial charge in [-0.05, 0) is 25.0 Å². The molecule has 1 heterocycles. The van der Waals surface area contributed by atoms with Crippen LogP contribution in [-0.2, 0) is 5.88 Å². The van der Waals surface area contributed by atoms with Gasteiger partial charge in [0.25, 0.3) is 0 Å². The summed E-state index contributed by atoms with van der Waals surface area (Å²) in [6.45, 7) is 8.65. The van der Waals surface area contributed by atoms with E-state index in [0.29, 0.717) is 5.88 Å². The third-order valence-electron chi connectivity index (χ3n) is 3.18. The van der Waals surface area contributed by atoms with Crippen LogP contribution in [0.15, 0.2) is 12.1 Å². The smallest absolute Gasteiger partial charge is 0.151 e. The molecule has 0 saturated heterocycles. The lowest BCUT2D eigenvalue weighted by molar-refractivity contribution is 0.483. The van der Waals surface area contributed by atoms with Gasteiger partial charge in [-0.2, -0.15) is 5.10 Å². The number of rotatable bonds is 7. The molecule has 0 aliphatic heterocycles. The predicted octanol–water partition coefficient (Wildman–Crippen LogP) is 3.48. The molecule has 0 radical (unpaired) electrons. The predicted molar refractivity (Wildman–Crippen MR) is 73.5 cm³/mol. The summed E-state index contributed by atoms with van der Waals surface area (Å²) in [5.74, 6) is 2.10. The normalized spacial score (nSPS) is 10.9. The second kappa shape index (κ2) is 7.49. The van der Waals surface area contributed by atoms with Gasteiger partial charge in [-0.15, -0.1) is 16.7 Å². The van der Waals surface area contributed by atoms with Crippen molar-refractivity contribution >= 4 is 17.4 Å². The molecule has 0 aliphatic carbocycles. The van der Waals surface area contributed by atoms with Crippen molar-refractivity contribution in [2.24, 2.45) is 5.92 Å². The molecule has 1 aromatic heterocycles. The van der Waals surface area contributed by atoms with E-state index in [9.17, 15) is 0 Å². The zero-order valence-corrected chi connectivity index (χ0v) is 11.7. The fourth-order valence-electron chi connectivity index (χ4n) is 1.84. The van der Waals surface area contributed by atoms with E-state index in [1.165, 1.54) is 12.8 Å². The van der Waals surface area contributed by atoms with Crippen molar-refractivity contribution in [1.82, 2.24) is 10.2 Å². The van der Waals surface area contributed by atoms with Crippen LogP contribution in [0.2, 0.25) is 0 Å². The second-order valence-corrected chi connectivity index (χ2v) is 4.50. The number of aromatic nitrogens is 2. The van der Waals surface area contributed by atoms with E-state index >= 15 is 0 Å². The first kappa shape index (κ1) is 14.2. The molecule has 1 aromatic rings. The summed E-state index contributed by atoms with van der Waals surface area (Å²) in [5, 5.41) is 8.34. The monoisotopic (exact) mass is 255 g/mol. The van der Waals surface area contributed by atoms with Gasteiger partial charge in [-0.3, -0.25) is 0 Å². The summed E-state index contributed by atoms with van der Waals surface area (Å²) in [7, 11) is 0. The maximum Gasteiger partial charge on any atom is 0.151 e. The van der Waals surface area contributed by atoms with Crippen molar-refractivity contribution in [3.63, 3.8) is 0 Å². The largest absolute Gasteiger partial charge is 0.355 e. The molecular formula is C13H22ClN3. The van der Waals surface area contributed by atoms with Crippen molar-refractivity contribution in [3.8, 4) is 0 Å². The standard InChI is InChI=1S/C13H22ClN3/c1-4-11(5-2)10-17(6-3)13-8-7-12(9-14)15-16-13/h7-8,11H,4-6,9-10H2,1-3H3. The fourth-order valence-corrected chi connectivity index (χ4v) is 1.98. The molecule has 0 fully saturated rings. The Hall–Kier alpha value is -0.830. The Labute approximate surface area is 109 Å². The minimum Gasteiger partial charge on any atom is -0.355 e. The van der Waals surface area contributed by atoms with Crippen LogP contribution in [0.1, 0.15) is 39.3 Å². The molecule has 0 N–H and O–H groups in total. The SMILES string of the molecule is CCC(CC)CN(CC)c1ccc(CCl)nn1. The van der Waals surface area contributed by atoms with Crippen LogP contribution in [0.25, 0.3) is 0 Å². The van der Waals surface area contributed by atoms with Crippen molar-refractivity contribution in [1.29, 1.82) is 0 Å². The summed E-state index contributed by atoms with van der Waals surface area (Å²) in [6.07, 6.45) is 2.42. The highest BCUT2D eigenvalue weighted by Crippen LogP contribution is 2.16. The Morgan fingerprint density at radius 2 is 1.88 bits per heavy atom. The lowest BCUT2D eigenvalue weighted by Crippen LogP contribution is -2.29. The summed E-state index contributed by atoms with van der Waals surface area (Å²) in [6, 6.07) is 3.96. The van der Waals surface area contributed by atoms with E-state index < -0.39 is 0 Å². The molecule has 96 valence electrons. The molecule has 0 bridgehead atoms. The third-order valence-corrected chi connectivity index (χ3v) is 3.46. The van der Waals surface area contributed by atoms with E-state index in [0.717, 1.165) is 30.5 Å². The molecule has 0 aromatic carbocycles. The van der Waals surface area contributed by atoms with Crippen LogP contribution in [0, 0.1) is 5.92 Å². The quantitative estimate of drug-likeness (QED) is 0.699. The summed E-state index contributed by atoms with van der Waals surface area (Å²) in [4.78, 5) is 2.28. The highest BCUT2D eigenvalue weighted by atomic mass is 35.5. The van der Waals surface area contributed by atoms with Crippen LogP contribution in [0.4, 0.5) is 5.82 Å². The number of hydrogen-bond acceptors (Lipinski definition) is 3. The minimum absolute atomic E-state index is 0.423. The fraction of sp³-hybridized carbons (Fsp3) is 0.692. The summed E-state index contributed by atoms with van der Waals surface area (Å²) in [5.41, 5.74) is 0.828. The second-order valence-electron chi connectivity index (χ2n) is 4.24. The minimum atomic E-state index is 0.423. The maximum absolute atomic E-state index is 5.71. The lowest BCUT2D eigenvalue weighted by atomic mass is 10.0. The zero-order valence-electron chi connectivity index (χ0n) is 11.0. The number of anilines is 1. The molecule has 17 heavy (non-hydrogen) atoms. The van der Waals surface area contributed by atoms with Gasteiger partial charge in [0.1, 0.15) is 0 Å². The Bertz CT molecular complexity index is 309. The van der Waals surface area contributed by atoms with Gasteiger partial charge in [0.15, 0.2) is 5.82 Å². The number of halogens is 1. The molecular weight excluding hydrogens is 234 g/mol. The van der Waals surface area contributed by atoms with Gasteiger partial charge < -0.3 is 4.90 Å². The Balaban J connectivity index is 2.71. The topological polar surface area (TPSA) is 29.0 Å². The number of nitrogens with zero attached hydrogens (tertiary/aromatic N) is 3. The van der Waals surface area contributed by atoms with Crippen molar-refractivity contribution < 1.29 is 0 Å². The van der Waals surface area contributed by atoms with Gasteiger partial charge in [0.05, 0.1) is 11.6 Å². The van der Waals surface area contributed by atoms with Crippen LogP contribution in [-0.4, -0.2) is 23.3 Å². The molecule has 3 nitrogen and oxygen atoms in total. The van der Waals surface area contributed by atoms with Crippen molar-refractivity contribution in [3.05, 3.63) is 17.8 Å². The first-order chi connectivity index (χ1) is 8.24. The van der Waals surface area contributed by atoms with E-state index in [1.54, 1.807) is 0 Å². The summed E-state index contributed by atoms with van der Waals surface area (Å²) >= 11 is 5.71. The molecule has 0 aliphatic rings. The third kappa shape index (κ3) is 4.15. The van der Waals surface area contributed by atoms with Gasteiger partial charge in [0, 0.05) is 13.1 Å². The van der Waals surface area contributed by atoms with E-state index in [2.05, 4.69) is 35.9 Å². The molecule has 0 amide bonds. The van der Waals surface area contributed by atoms with Gasteiger partial charge in [-0.1, -0.05) is 26.7 Å². The van der Waals surface area contributed by atoms with Crippen LogP contribution < -0.4 is 4.90 Å². The van der Waals surface area contributed by atoms with Gasteiger partial charge in [0.2, 0.25) is 0 Å². The molecule has 0 unspecified atom stereocenters. The average molecular weight is 256 g/mol. The maximum atomic E-state index is 5.71. The Kier molecular flexibility index (Phi) is 6.27. The molecule has 4 heteroatoms. The number of hydrogen-bond donors (Lipinski definition) is 0. The first-order valence-corrected chi connectivity index (χ1v) is 6.92. The zero-order chi connectivity index (χ0) is 12.7. The van der Waals surface area contributed by atoms with Gasteiger partial charge >= 0.3 is 0 Å².